The summed E-state index contributed by atoms with van der Waals surface area (Å²) < 4.78 is 0. The van der Waals surface area contributed by atoms with Gasteiger partial charge in [-0.2, -0.15) is 0 Å². The van der Waals surface area contributed by atoms with Crippen molar-refractivity contribution in [3.8, 4) is 0 Å². The van der Waals surface area contributed by atoms with Crippen LogP contribution in [0.4, 0.5) is 11.4 Å². The standard InChI is InChI=1S/C13H14N2O2/c1-14-10-3-2-4-11-13(10)9(7-12(14)17)8-15(11)5-6-16/h2-4,6,9H,5,7-8H2,1H3. The molecule has 2 heterocycles. The maximum Gasteiger partial charge on any atom is 0.227 e. The van der Waals surface area contributed by atoms with Crippen LogP contribution in [-0.2, 0) is 9.59 Å². The summed E-state index contributed by atoms with van der Waals surface area (Å²) in [5.74, 6) is 0.414. The first-order valence-electron chi connectivity index (χ1n) is 5.80. The highest BCUT2D eigenvalue weighted by Gasteiger charge is 2.37. The summed E-state index contributed by atoms with van der Waals surface area (Å²) in [6.45, 7) is 1.19. The first-order chi connectivity index (χ1) is 8.22. The van der Waals surface area contributed by atoms with Gasteiger partial charge in [-0.3, -0.25) is 4.79 Å². The molecule has 0 N–H and O–H groups in total. The molecule has 0 saturated carbocycles. The van der Waals surface area contributed by atoms with Crippen molar-refractivity contribution < 1.29 is 9.59 Å². The molecule has 0 aromatic heterocycles. The lowest BCUT2D eigenvalue weighted by Gasteiger charge is -2.28. The summed E-state index contributed by atoms with van der Waals surface area (Å²) >= 11 is 0. The SMILES string of the molecule is CN1C(=O)CC2CN(CC=O)c3cccc1c32. The van der Waals surface area contributed by atoms with E-state index in [1.54, 1.807) is 4.90 Å². The highest BCUT2D eigenvalue weighted by molar-refractivity contribution is 5.99. The molecule has 2 aliphatic heterocycles. The fourth-order valence-corrected chi connectivity index (χ4v) is 2.89. The first kappa shape index (κ1) is 10.3. The zero-order chi connectivity index (χ0) is 12.0. The maximum atomic E-state index is 11.9. The second-order valence-electron chi connectivity index (χ2n) is 4.64. The predicted octanol–water partition coefficient (Wildman–Crippen LogP) is 1.16. The molecular formula is C13H14N2O2. The maximum absolute atomic E-state index is 11.9. The van der Waals surface area contributed by atoms with Crippen LogP contribution >= 0.6 is 0 Å². The Morgan fingerprint density at radius 1 is 1.41 bits per heavy atom. The van der Waals surface area contributed by atoms with Crippen LogP contribution in [-0.4, -0.2) is 32.3 Å². The van der Waals surface area contributed by atoms with Crippen LogP contribution in [0.2, 0.25) is 0 Å². The van der Waals surface area contributed by atoms with Gasteiger partial charge in [0.1, 0.15) is 6.29 Å². The number of aldehydes is 1. The third kappa shape index (κ3) is 1.37. The predicted molar refractivity (Wildman–Crippen MR) is 65.5 cm³/mol. The summed E-state index contributed by atoms with van der Waals surface area (Å²) in [6, 6.07) is 5.96. The Bertz CT molecular complexity index is 498. The number of hydrogen-bond acceptors (Lipinski definition) is 3. The number of carbonyl (C=O) groups is 2. The zero-order valence-electron chi connectivity index (χ0n) is 9.72. The molecule has 1 aromatic carbocycles. The van der Waals surface area contributed by atoms with E-state index in [9.17, 15) is 9.59 Å². The molecule has 88 valence electrons. The Morgan fingerprint density at radius 2 is 2.18 bits per heavy atom. The third-order valence-electron chi connectivity index (χ3n) is 3.70. The van der Waals surface area contributed by atoms with Gasteiger partial charge in [-0.15, -0.1) is 0 Å². The zero-order valence-corrected chi connectivity index (χ0v) is 9.72. The quantitative estimate of drug-likeness (QED) is 0.716. The number of hydrogen-bond donors (Lipinski definition) is 0. The van der Waals surface area contributed by atoms with Crippen molar-refractivity contribution in [2.24, 2.45) is 0 Å². The van der Waals surface area contributed by atoms with E-state index < -0.39 is 0 Å². The van der Waals surface area contributed by atoms with E-state index >= 15 is 0 Å². The van der Waals surface area contributed by atoms with Gasteiger partial charge < -0.3 is 14.6 Å². The van der Waals surface area contributed by atoms with E-state index in [2.05, 4.69) is 4.90 Å². The van der Waals surface area contributed by atoms with E-state index in [4.69, 9.17) is 0 Å². The second kappa shape index (κ2) is 3.58. The van der Waals surface area contributed by atoms with Crippen LogP contribution in [0.25, 0.3) is 0 Å². The highest BCUT2D eigenvalue weighted by Crippen LogP contribution is 2.46. The van der Waals surface area contributed by atoms with Crippen LogP contribution in [0.5, 0.6) is 0 Å². The minimum Gasteiger partial charge on any atom is -0.364 e. The van der Waals surface area contributed by atoms with Crippen molar-refractivity contribution in [1.82, 2.24) is 0 Å². The summed E-state index contributed by atoms with van der Waals surface area (Å²) in [5, 5.41) is 0. The molecule has 4 nitrogen and oxygen atoms in total. The van der Waals surface area contributed by atoms with E-state index in [1.807, 2.05) is 25.2 Å². The molecule has 0 aliphatic carbocycles. The molecule has 4 heteroatoms. The average molecular weight is 230 g/mol. The fraction of sp³-hybridized carbons (Fsp3) is 0.385. The number of rotatable bonds is 2. The minimum absolute atomic E-state index is 0.160. The van der Waals surface area contributed by atoms with Crippen molar-refractivity contribution in [1.29, 1.82) is 0 Å². The van der Waals surface area contributed by atoms with Crippen LogP contribution in [0.1, 0.15) is 17.9 Å². The van der Waals surface area contributed by atoms with Gasteiger partial charge in [0.05, 0.1) is 6.54 Å². The Balaban J connectivity index is 2.12. The highest BCUT2D eigenvalue weighted by atomic mass is 16.2. The lowest BCUT2D eigenvalue weighted by atomic mass is 9.91. The smallest absolute Gasteiger partial charge is 0.227 e. The fourth-order valence-electron chi connectivity index (χ4n) is 2.89. The molecule has 2 aliphatic rings. The molecule has 1 aromatic rings. The van der Waals surface area contributed by atoms with Gasteiger partial charge in [-0.1, -0.05) is 6.07 Å². The van der Waals surface area contributed by atoms with Crippen molar-refractivity contribution >= 4 is 23.6 Å². The molecule has 1 unspecified atom stereocenters. The second-order valence-corrected chi connectivity index (χ2v) is 4.64. The average Bonchev–Trinajstić information content (AvgIpc) is 2.66. The number of anilines is 2. The summed E-state index contributed by atoms with van der Waals surface area (Å²) in [7, 11) is 1.82. The van der Waals surface area contributed by atoms with E-state index in [0.717, 1.165) is 24.2 Å². The van der Waals surface area contributed by atoms with Gasteiger partial charge in [-0.05, 0) is 12.1 Å². The van der Waals surface area contributed by atoms with Gasteiger partial charge in [-0.25, -0.2) is 0 Å². The number of benzene rings is 1. The molecule has 1 atom stereocenters. The Hall–Kier alpha value is -1.84. The summed E-state index contributed by atoms with van der Waals surface area (Å²) in [5.41, 5.74) is 3.34. The normalized spacial score (nSPS) is 21.7. The Morgan fingerprint density at radius 3 is 2.94 bits per heavy atom. The van der Waals surface area contributed by atoms with Crippen LogP contribution < -0.4 is 9.80 Å². The van der Waals surface area contributed by atoms with Crippen molar-refractivity contribution in [3.05, 3.63) is 23.8 Å². The minimum atomic E-state index is 0.160. The van der Waals surface area contributed by atoms with Gasteiger partial charge in [0.25, 0.3) is 0 Å². The van der Waals surface area contributed by atoms with E-state index in [-0.39, 0.29) is 11.8 Å². The van der Waals surface area contributed by atoms with Crippen LogP contribution in [0.3, 0.4) is 0 Å². The molecule has 3 rings (SSSR count). The lowest BCUT2D eigenvalue weighted by Crippen LogP contribution is -2.33. The molecule has 0 bridgehead atoms. The molecule has 17 heavy (non-hydrogen) atoms. The Labute approximate surface area is 99.8 Å². The molecule has 0 fully saturated rings. The topological polar surface area (TPSA) is 40.6 Å². The van der Waals surface area contributed by atoms with Crippen LogP contribution in [0.15, 0.2) is 18.2 Å². The van der Waals surface area contributed by atoms with Gasteiger partial charge in [0.15, 0.2) is 0 Å². The number of nitrogens with zero attached hydrogens (tertiary/aromatic N) is 2. The van der Waals surface area contributed by atoms with Gasteiger partial charge >= 0.3 is 0 Å². The van der Waals surface area contributed by atoms with Crippen molar-refractivity contribution in [3.63, 3.8) is 0 Å². The van der Waals surface area contributed by atoms with Crippen molar-refractivity contribution in [2.75, 3.05) is 29.9 Å². The monoisotopic (exact) mass is 230 g/mol. The summed E-state index contributed by atoms with van der Waals surface area (Å²) in [4.78, 5) is 26.3. The van der Waals surface area contributed by atoms with Crippen LogP contribution in [0, 0.1) is 0 Å². The largest absolute Gasteiger partial charge is 0.364 e. The van der Waals surface area contributed by atoms with E-state index in [0.29, 0.717) is 13.0 Å². The molecule has 0 radical (unpaired) electrons. The Kier molecular flexibility index (Phi) is 2.18. The molecule has 0 saturated heterocycles. The van der Waals surface area contributed by atoms with Gasteiger partial charge in [0.2, 0.25) is 5.91 Å². The number of carbonyl (C=O) groups excluding carboxylic acids is 2. The molecule has 1 amide bonds. The summed E-state index contributed by atoms with van der Waals surface area (Å²) in [6.07, 6.45) is 1.47. The lowest BCUT2D eigenvalue weighted by molar-refractivity contribution is -0.119. The van der Waals surface area contributed by atoms with E-state index in [1.165, 1.54) is 5.56 Å². The number of amides is 1. The third-order valence-corrected chi connectivity index (χ3v) is 3.70. The molecular weight excluding hydrogens is 216 g/mol. The molecule has 0 spiro atoms. The van der Waals surface area contributed by atoms with Gasteiger partial charge in [0, 0.05) is 42.9 Å². The first-order valence-corrected chi connectivity index (χ1v) is 5.80. The van der Waals surface area contributed by atoms with Crippen molar-refractivity contribution in [2.45, 2.75) is 12.3 Å².